The molecule has 1 atom stereocenters. The lowest BCUT2D eigenvalue weighted by molar-refractivity contribution is -0.192. The Morgan fingerprint density at radius 3 is 2.43 bits per heavy atom. The Kier molecular flexibility index (Phi) is 6.99. The van der Waals surface area contributed by atoms with Crippen LogP contribution in [0.5, 0.6) is 5.75 Å². The standard InChI is InChI=1S/C22H15BrN4O3.C2HF3O2/c23-13-5-8-17-16(11-13)22(30)27-19-15(2-1-9-24-19)21(29)26-18(20(27)25-17)10-12-3-6-14(28)7-4-12;3-2(4,5)1(6)7/h1-9,11,18,28H,10H2,(H,26,29);(H,6,7). The minimum Gasteiger partial charge on any atom is -0.508 e. The summed E-state index contributed by atoms with van der Waals surface area (Å²) in [4.78, 5) is 44.4. The van der Waals surface area contributed by atoms with Crippen LogP contribution in [0, 0.1) is 0 Å². The topological polar surface area (TPSA) is 134 Å². The van der Waals surface area contributed by atoms with E-state index in [-0.39, 0.29) is 23.0 Å². The van der Waals surface area contributed by atoms with Gasteiger partial charge in [0.1, 0.15) is 11.6 Å². The van der Waals surface area contributed by atoms with Crippen LogP contribution in [-0.2, 0) is 11.2 Å². The van der Waals surface area contributed by atoms with Crippen LogP contribution in [0.4, 0.5) is 13.2 Å². The van der Waals surface area contributed by atoms with E-state index in [2.05, 4.69) is 26.2 Å². The second-order valence-electron chi connectivity index (χ2n) is 7.85. The fraction of sp³-hybridized carbons (Fsp3) is 0.125. The molecule has 2 aromatic carbocycles. The van der Waals surface area contributed by atoms with E-state index >= 15 is 0 Å². The number of carboxylic acid groups (broad SMARTS) is 1. The molecule has 13 heteroatoms. The number of rotatable bonds is 2. The first-order valence-corrected chi connectivity index (χ1v) is 11.3. The molecule has 0 saturated heterocycles. The molecule has 1 unspecified atom stereocenters. The maximum Gasteiger partial charge on any atom is 0.490 e. The maximum atomic E-state index is 13.5. The van der Waals surface area contributed by atoms with Gasteiger partial charge in [-0.3, -0.25) is 9.59 Å². The lowest BCUT2D eigenvalue weighted by atomic mass is 10.0. The number of hydrogen-bond donors (Lipinski definition) is 3. The number of fused-ring (bicyclic) bond motifs is 4. The van der Waals surface area contributed by atoms with E-state index in [1.807, 2.05) is 6.07 Å². The number of phenols is 1. The molecule has 3 N–H and O–H groups in total. The number of benzene rings is 2. The highest BCUT2D eigenvalue weighted by Crippen LogP contribution is 2.27. The minimum atomic E-state index is -5.08. The molecular formula is C24H16BrF3N4O5. The third-order valence-corrected chi connectivity index (χ3v) is 5.83. The number of halogens is 4. The Bertz CT molecular complexity index is 1570. The highest BCUT2D eigenvalue weighted by Gasteiger charge is 2.38. The Morgan fingerprint density at radius 2 is 1.78 bits per heavy atom. The Hall–Kier alpha value is -4.26. The van der Waals surface area contributed by atoms with Crippen molar-refractivity contribution < 1.29 is 33.0 Å². The highest BCUT2D eigenvalue weighted by molar-refractivity contribution is 9.10. The molecule has 4 aromatic rings. The van der Waals surface area contributed by atoms with Gasteiger partial charge in [0, 0.05) is 10.7 Å². The number of carbonyl (C=O) groups is 2. The molecule has 0 fully saturated rings. The average Bonchev–Trinajstić information content (AvgIpc) is 2.96. The molecule has 3 heterocycles. The zero-order valence-corrected chi connectivity index (χ0v) is 20.1. The molecular weight excluding hydrogens is 561 g/mol. The minimum absolute atomic E-state index is 0.159. The normalized spacial score (nSPS) is 14.5. The molecule has 1 aliphatic rings. The van der Waals surface area contributed by atoms with E-state index in [0.717, 1.165) is 10.0 Å². The van der Waals surface area contributed by atoms with Gasteiger partial charge in [0.2, 0.25) is 0 Å². The fourth-order valence-corrected chi connectivity index (χ4v) is 4.04. The van der Waals surface area contributed by atoms with Gasteiger partial charge in [-0.05, 0) is 54.4 Å². The SMILES string of the molecule is O=C(O)C(F)(F)F.O=C1NC(Cc2ccc(O)cc2)c2nc3ccc(Br)cc3c(=O)n2-c2ncccc21. The van der Waals surface area contributed by atoms with E-state index in [1.165, 1.54) is 4.57 Å². The predicted molar refractivity (Wildman–Crippen MR) is 129 cm³/mol. The predicted octanol–water partition coefficient (Wildman–Crippen LogP) is 3.91. The number of amides is 1. The number of nitrogens with zero attached hydrogens (tertiary/aromatic N) is 3. The molecule has 0 saturated carbocycles. The van der Waals surface area contributed by atoms with E-state index in [4.69, 9.17) is 14.9 Å². The van der Waals surface area contributed by atoms with Crippen LogP contribution in [0.1, 0.15) is 27.8 Å². The zero-order valence-electron chi connectivity index (χ0n) is 18.5. The van der Waals surface area contributed by atoms with Gasteiger partial charge < -0.3 is 15.5 Å². The van der Waals surface area contributed by atoms with E-state index in [9.17, 15) is 27.9 Å². The summed E-state index contributed by atoms with van der Waals surface area (Å²) in [6.45, 7) is 0. The summed E-state index contributed by atoms with van der Waals surface area (Å²) in [6.07, 6.45) is -3.14. The van der Waals surface area contributed by atoms with Crippen LogP contribution in [0.25, 0.3) is 16.7 Å². The first-order valence-electron chi connectivity index (χ1n) is 10.5. The molecule has 0 spiro atoms. The summed E-state index contributed by atoms with van der Waals surface area (Å²) < 4.78 is 33.9. The van der Waals surface area contributed by atoms with Crippen molar-refractivity contribution in [3.05, 3.63) is 92.6 Å². The summed E-state index contributed by atoms with van der Waals surface area (Å²) in [7, 11) is 0. The molecule has 0 bridgehead atoms. The third-order valence-electron chi connectivity index (χ3n) is 5.33. The van der Waals surface area contributed by atoms with Crippen molar-refractivity contribution >= 4 is 38.7 Å². The van der Waals surface area contributed by atoms with Crippen molar-refractivity contribution in [3.8, 4) is 11.6 Å². The Balaban J connectivity index is 0.000000405. The lowest BCUT2D eigenvalue weighted by Crippen LogP contribution is -2.32. The van der Waals surface area contributed by atoms with Gasteiger partial charge in [0.25, 0.3) is 11.5 Å². The van der Waals surface area contributed by atoms with Gasteiger partial charge in [-0.15, -0.1) is 0 Å². The van der Waals surface area contributed by atoms with Crippen LogP contribution in [-0.4, -0.2) is 42.8 Å². The number of aliphatic carboxylic acids is 1. The number of nitrogens with one attached hydrogen (secondary N) is 1. The summed E-state index contributed by atoms with van der Waals surface area (Å²) in [5.74, 6) is -2.25. The number of hydrogen-bond acceptors (Lipinski definition) is 6. The summed E-state index contributed by atoms with van der Waals surface area (Å²) >= 11 is 3.40. The first kappa shape index (κ1) is 25.8. The second kappa shape index (κ2) is 10.0. The molecule has 0 radical (unpaired) electrons. The van der Waals surface area contributed by atoms with Gasteiger partial charge in [-0.2, -0.15) is 13.2 Å². The van der Waals surface area contributed by atoms with Gasteiger partial charge in [0.05, 0.1) is 22.5 Å². The number of aromatic hydroxyl groups is 1. The summed E-state index contributed by atoms with van der Waals surface area (Å²) in [6, 6.07) is 14.8. The monoisotopic (exact) mass is 576 g/mol. The fourth-order valence-electron chi connectivity index (χ4n) is 3.68. The van der Waals surface area contributed by atoms with Crippen LogP contribution < -0.4 is 10.9 Å². The third kappa shape index (κ3) is 5.45. The summed E-state index contributed by atoms with van der Waals surface area (Å²) in [5.41, 5.74) is 1.45. The molecule has 9 nitrogen and oxygen atoms in total. The van der Waals surface area contributed by atoms with Crippen molar-refractivity contribution in [2.24, 2.45) is 0 Å². The molecule has 1 amide bonds. The number of aromatic nitrogens is 3. The van der Waals surface area contributed by atoms with Gasteiger partial charge in [-0.25, -0.2) is 19.3 Å². The average molecular weight is 577 g/mol. The molecule has 0 aliphatic carbocycles. The lowest BCUT2D eigenvalue weighted by Gasteiger charge is -2.19. The molecule has 2 aromatic heterocycles. The number of pyridine rings is 1. The number of carboxylic acids is 1. The maximum absolute atomic E-state index is 13.5. The van der Waals surface area contributed by atoms with Crippen molar-refractivity contribution in [1.82, 2.24) is 19.9 Å². The largest absolute Gasteiger partial charge is 0.508 e. The van der Waals surface area contributed by atoms with Gasteiger partial charge in [0.15, 0.2) is 5.82 Å². The number of carbonyl (C=O) groups excluding carboxylic acids is 1. The Morgan fingerprint density at radius 1 is 1.11 bits per heavy atom. The second-order valence-corrected chi connectivity index (χ2v) is 8.76. The summed E-state index contributed by atoms with van der Waals surface area (Å²) in [5, 5.41) is 20.1. The zero-order chi connectivity index (χ0) is 26.9. The van der Waals surface area contributed by atoms with Crippen molar-refractivity contribution in [2.75, 3.05) is 0 Å². The van der Waals surface area contributed by atoms with Crippen LogP contribution in [0.2, 0.25) is 0 Å². The van der Waals surface area contributed by atoms with Gasteiger partial charge >= 0.3 is 12.1 Å². The van der Waals surface area contributed by atoms with Crippen LogP contribution in [0.15, 0.2) is 70.1 Å². The molecule has 1 aliphatic heterocycles. The van der Waals surface area contributed by atoms with Crippen molar-refractivity contribution in [2.45, 2.75) is 18.6 Å². The molecule has 5 rings (SSSR count). The van der Waals surface area contributed by atoms with Crippen molar-refractivity contribution in [3.63, 3.8) is 0 Å². The molecule has 37 heavy (non-hydrogen) atoms. The number of phenolic OH excluding ortho intramolecular Hbond substituents is 1. The van der Waals surface area contributed by atoms with Crippen LogP contribution >= 0.6 is 15.9 Å². The number of alkyl halides is 3. The van der Waals surface area contributed by atoms with E-state index in [0.29, 0.717) is 28.7 Å². The highest BCUT2D eigenvalue weighted by atomic mass is 79.9. The van der Waals surface area contributed by atoms with E-state index in [1.54, 1.807) is 54.7 Å². The molecule has 190 valence electrons. The first-order chi connectivity index (χ1) is 17.5. The Labute approximate surface area is 214 Å². The smallest absolute Gasteiger partial charge is 0.490 e. The van der Waals surface area contributed by atoms with E-state index < -0.39 is 18.2 Å². The quantitative estimate of drug-likeness (QED) is 0.329. The van der Waals surface area contributed by atoms with Crippen molar-refractivity contribution in [1.29, 1.82) is 0 Å². The van der Waals surface area contributed by atoms with Crippen LogP contribution in [0.3, 0.4) is 0 Å². The van der Waals surface area contributed by atoms with Gasteiger partial charge in [-0.1, -0.05) is 28.1 Å².